The van der Waals surface area contributed by atoms with Gasteiger partial charge in [-0.1, -0.05) is 42.2 Å². The number of rotatable bonds is 7. The maximum Gasteiger partial charge on any atom is 0.418 e. The third-order valence-corrected chi connectivity index (χ3v) is 5.10. The molecule has 2 aromatic rings. The van der Waals surface area contributed by atoms with Gasteiger partial charge in [0.15, 0.2) is 4.34 Å². The molecule has 5 nitrogen and oxygen atoms in total. The van der Waals surface area contributed by atoms with Crippen molar-refractivity contribution in [1.82, 2.24) is 15.5 Å². The number of amides is 1. The fourth-order valence-electron chi connectivity index (χ4n) is 1.86. The predicted molar refractivity (Wildman–Crippen MR) is 93.3 cm³/mol. The molecule has 0 spiro atoms. The Labute approximate surface area is 151 Å². The van der Waals surface area contributed by atoms with Gasteiger partial charge in [0.1, 0.15) is 0 Å². The summed E-state index contributed by atoms with van der Waals surface area (Å²) in [7, 11) is 0. The number of carbonyl (C=O) groups is 1. The Balaban J connectivity index is 2.04. The number of benzene rings is 1. The Morgan fingerprint density at radius 1 is 1.32 bits per heavy atom. The number of thioether (sulfide) groups is 1. The van der Waals surface area contributed by atoms with Gasteiger partial charge < -0.3 is 10.6 Å². The van der Waals surface area contributed by atoms with Gasteiger partial charge in [0.2, 0.25) is 11.0 Å². The summed E-state index contributed by atoms with van der Waals surface area (Å²) in [4.78, 5) is 11.8. The van der Waals surface area contributed by atoms with Crippen molar-refractivity contribution in [3.8, 4) is 0 Å². The fourth-order valence-corrected chi connectivity index (χ4v) is 3.79. The molecule has 0 aliphatic heterocycles. The van der Waals surface area contributed by atoms with E-state index in [4.69, 9.17) is 0 Å². The summed E-state index contributed by atoms with van der Waals surface area (Å²) < 4.78 is 39.5. The van der Waals surface area contributed by atoms with Crippen LogP contribution in [0.2, 0.25) is 0 Å². The molecule has 10 heteroatoms. The van der Waals surface area contributed by atoms with Crippen LogP contribution >= 0.6 is 23.1 Å². The average Bonchev–Trinajstić information content (AvgIpc) is 2.99. The van der Waals surface area contributed by atoms with Crippen LogP contribution in [-0.2, 0) is 11.0 Å². The van der Waals surface area contributed by atoms with E-state index in [9.17, 15) is 18.0 Å². The molecule has 25 heavy (non-hydrogen) atoms. The molecule has 0 bridgehead atoms. The zero-order chi connectivity index (χ0) is 18.4. The van der Waals surface area contributed by atoms with Gasteiger partial charge in [0, 0.05) is 6.54 Å². The van der Waals surface area contributed by atoms with E-state index in [1.807, 2.05) is 6.92 Å². The number of anilines is 2. The second kappa shape index (κ2) is 8.52. The highest BCUT2D eigenvalue weighted by Gasteiger charge is 2.33. The van der Waals surface area contributed by atoms with Crippen molar-refractivity contribution in [3.05, 3.63) is 29.8 Å². The van der Waals surface area contributed by atoms with Crippen molar-refractivity contribution < 1.29 is 18.0 Å². The van der Waals surface area contributed by atoms with Gasteiger partial charge in [-0.05, 0) is 25.5 Å². The van der Waals surface area contributed by atoms with Crippen molar-refractivity contribution in [1.29, 1.82) is 0 Å². The normalized spacial score (nSPS) is 12.7. The van der Waals surface area contributed by atoms with Crippen LogP contribution in [0.5, 0.6) is 0 Å². The monoisotopic (exact) mass is 390 g/mol. The number of aromatic nitrogens is 2. The number of hydrogen-bond acceptors (Lipinski definition) is 6. The zero-order valence-electron chi connectivity index (χ0n) is 13.6. The molecule has 1 heterocycles. The lowest BCUT2D eigenvalue weighted by Crippen LogP contribution is -2.31. The maximum absolute atomic E-state index is 13.0. The molecule has 2 rings (SSSR count). The molecule has 0 fully saturated rings. The molecule has 1 amide bonds. The lowest BCUT2D eigenvalue weighted by molar-refractivity contribution is -0.137. The van der Waals surface area contributed by atoms with Gasteiger partial charge in [0.25, 0.3) is 0 Å². The Morgan fingerprint density at radius 3 is 2.72 bits per heavy atom. The van der Waals surface area contributed by atoms with E-state index in [1.165, 1.54) is 30.0 Å². The van der Waals surface area contributed by atoms with Crippen LogP contribution in [-0.4, -0.2) is 27.9 Å². The van der Waals surface area contributed by atoms with E-state index in [0.717, 1.165) is 23.8 Å². The number of halogens is 3. The van der Waals surface area contributed by atoms with Gasteiger partial charge >= 0.3 is 6.18 Å². The van der Waals surface area contributed by atoms with Gasteiger partial charge in [-0.25, -0.2) is 0 Å². The molecule has 0 aliphatic carbocycles. The molecule has 136 valence electrons. The number of nitrogens with zero attached hydrogens (tertiary/aromatic N) is 2. The van der Waals surface area contributed by atoms with E-state index in [1.54, 1.807) is 6.92 Å². The lowest BCUT2D eigenvalue weighted by atomic mass is 10.2. The van der Waals surface area contributed by atoms with Crippen molar-refractivity contribution in [2.45, 2.75) is 36.0 Å². The van der Waals surface area contributed by atoms with Crippen molar-refractivity contribution in [2.24, 2.45) is 0 Å². The highest BCUT2D eigenvalue weighted by Crippen LogP contribution is 2.37. The smallest absolute Gasteiger partial charge is 0.355 e. The van der Waals surface area contributed by atoms with Crippen molar-refractivity contribution in [2.75, 3.05) is 11.9 Å². The Bertz CT molecular complexity index is 721. The third-order valence-electron chi connectivity index (χ3n) is 3.08. The highest BCUT2D eigenvalue weighted by molar-refractivity contribution is 8.02. The molecule has 1 atom stereocenters. The Morgan fingerprint density at radius 2 is 2.04 bits per heavy atom. The largest absolute Gasteiger partial charge is 0.418 e. The SMILES string of the molecule is CCCNC(=O)[C@@H](C)Sc1nnc(Nc2ccccc2C(F)(F)F)s1. The first kappa shape index (κ1) is 19.5. The van der Waals surface area contributed by atoms with E-state index >= 15 is 0 Å². The van der Waals surface area contributed by atoms with Crippen LogP contribution in [0.1, 0.15) is 25.8 Å². The molecule has 0 saturated heterocycles. The summed E-state index contributed by atoms with van der Waals surface area (Å²) in [6, 6.07) is 5.16. The summed E-state index contributed by atoms with van der Waals surface area (Å²) in [6.45, 7) is 4.30. The van der Waals surface area contributed by atoms with E-state index in [-0.39, 0.29) is 22.0 Å². The first-order chi connectivity index (χ1) is 11.8. The second-order valence-electron chi connectivity index (χ2n) is 5.09. The molecular weight excluding hydrogens is 373 g/mol. The standard InChI is InChI=1S/C15H17F3N4OS2/c1-3-8-19-12(23)9(2)24-14-22-21-13(25-14)20-11-7-5-4-6-10(11)15(16,17)18/h4-7,9H,3,8H2,1-2H3,(H,19,23)(H,20,21)/t9-/m1/s1. The van der Waals surface area contributed by atoms with Crippen LogP contribution in [0.25, 0.3) is 0 Å². The maximum atomic E-state index is 13.0. The molecule has 0 aliphatic rings. The number of hydrogen-bond donors (Lipinski definition) is 2. The molecule has 0 saturated carbocycles. The van der Waals surface area contributed by atoms with E-state index in [0.29, 0.717) is 10.9 Å². The van der Waals surface area contributed by atoms with Crippen molar-refractivity contribution >= 4 is 39.8 Å². The van der Waals surface area contributed by atoms with Gasteiger partial charge in [0.05, 0.1) is 16.5 Å². The number of alkyl halides is 3. The first-order valence-electron chi connectivity index (χ1n) is 7.52. The predicted octanol–water partition coefficient (Wildman–Crippen LogP) is 4.31. The molecule has 0 radical (unpaired) electrons. The van der Waals surface area contributed by atoms with Crippen LogP contribution in [0, 0.1) is 0 Å². The molecule has 2 N–H and O–H groups in total. The minimum atomic E-state index is -4.46. The minimum absolute atomic E-state index is 0.0866. The molecule has 1 aromatic carbocycles. The average molecular weight is 390 g/mol. The molecular formula is C15H17F3N4OS2. The van der Waals surface area contributed by atoms with Crippen molar-refractivity contribution in [3.63, 3.8) is 0 Å². The zero-order valence-corrected chi connectivity index (χ0v) is 15.2. The fraction of sp³-hybridized carbons (Fsp3) is 0.400. The van der Waals surface area contributed by atoms with Crippen LogP contribution in [0.3, 0.4) is 0 Å². The summed E-state index contributed by atoms with van der Waals surface area (Å²) in [5.74, 6) is -0.112. The first-order valence-corrected chi connectivity index (χ1v) is 9.22. The second-order valence-corrected chi connectivity index (χ2v) is 7.66. The van der Waals surface area contributed by atoms with Crippen LogP contribution < -0.4 is 10.6 Å². The van der Waals surface area contributed by atoms with E-state index < -0.39 is 11.7 Å². The number of carbonyl (C=O) groups excluding carboxylic acids is 1. The summed E-state index contributed by atoms with van der Waals surface area (Å²) in [5.41, 5.74) is -0.858. The number of nitrogens with one attached hydrogen (secondary N) is 2. The quantitative estimate of drug-likeness (QED) is 0.690. The number of para-hydroxylation sites is 1. The lowest BCUT2D eigenvalue weighted by Gasteiger charge is -2.12. The topological polar surface area (TPSA) is 66.9 Å². The Kier molecular flexibility index (Phi) is 6.65. The van der Waals surface area contributed by atoms with Gasteiger partial charge in [-0.15, -0.1) is 10.2 Å². The van der Waals surface area contributed by atoms with E-state index in [2.05, 4.69) is 20.8 Å². The Hall–Kier alpha value is -1.81. The molecule has 1 aromatic heterocycles. The van der Waals surface area contributed by atoms with Crippen LogP contribution in [0.4, 0.5) is 24.0 Å². The molecule has 0 unspecified atom stereocenters. The minimum Gasteiger partial charge on any atom is -0.355 e. The van der Waals surface area contributed by atoms with Gasteiger partial charge in [-0.2, -0.15) is 13.2 Å². The summed E-state index contributed by atoms with van der Waals surface area (Å²) in [6.07, 6.45) is -3.62. The van der Waals surface area contributed by atoms with Crippen LogP contribution in [0.15, 0.2) is 28.6 Å². The summed E-state index contributed by atoms with van der Waals surface area (Å²) >= 11 is 2.31. The van der Waals surface area contributed by atoms with Gasteiger partial charge in [-0.3, -0.25) is 4.79 Å². The highest BCUT2D eigenvalue weighted by atomic mass is 32.2. The summed E-state index contributed by atoms with van der Waals surface area (Å²) in [5, 5.41) is 13.1. The third kappa shape index (κ3) is 5.60.